The molecule has 0 aliphatic rings. The van der Waals surface area contributed by atoms with Gasteiger partial charge in [-0.3, -0.25) is 0 Å². The molecular formula is C31H34N2. The number of unbranched alkanes of at least 4 members (excludes halogenated alkanes) is 7. The molecule has 2 heteroatoms. The highest BCUT2D eigenvalue weighted by molar-refractivity contribution is 6.23. The molecule has 5 rings (SSSR count). The lowest BCUT2D eigenvalue weighted by Crippen LogP contribution is -1.96. The van der Waals surface area contributed by atoms with Crippen LogP contribution in [0.2, 0.25) is 0 Å². The van der Waals surface area contributed by atoms with Gasteiger partial charge in [-0.1, -0.05) is 94.3 Å². The standard InChI is InChI=1S/C31H34N2/c1-2-3-4-5-6-7-8-9-11-23-18-19-32-29(20-23)33-28-21-26-16-14-24-12-10-13-25-15-17-27(22-28)31(26)30(24)25/h10,12-22H,2-9,11H2,1H3,(H,32,33). The van der Waals surface area contributed by atoms with Crippen LogP contribution in [0.5, 0.6) is 0 Å². The van der Waals surface area contributed by atoms with Crippen molar-refractivity contribution in [1.29, 1.82) is 0 Å². The van der Waals surface area contributed by atoms with Crippen molar-refractivity contribution in [1.82, 2.24) is 4.98 Å². The van der Waals surface area contributed by atoms with Gasteiger partial charge in [-0.05, 0) is 75.0 Å². The quantitative estimate of drug-likeness (QED) is 0.165. The number of hydrogen-bond donors (Lipinski definition) is 1. The van der Waals surface area contributed by atoms with E-state index in [4.69, 9.17) is 0 Å². The first kappa shape index (κ1) is 21.7. The molecule has 1 N–H and O–H groups in total. The van der Waals surface area contributed by atoms with Crippen LogP contribution in [-0.4, -0.2) is 4.98 Å². The second-order valence-electron chi connectivity index (χ2n) is 9.41. The van der Waals surface area contributed by atoms with Crippen molar-refractivity contribution in [3.05, 3.63) is 78.5 Å². The van der Waals surface area contributed by atoms with E-state index >= 15 is 0 Å². The molecule has 0 fully saturated rings. The van der Waals surface area contributed by atoms with Crippen molar-refractivity contribution in [2.24, 2.45) is 0 Å². The van der Waals surface area contributed by atoms with Gasteiger partial charge in [0.15, 0.2) is 0 Å². The number of benzene rings is 4. The number of nitrogens with one attached hydrogen (secondary N) is 1. The molecule has 0 saturated heterocycles. The van der Waals surface area contributed by atoms with Gasteiger partial charge in [-0.25, -0.2) is 4.98 Å². The zero-order chi connectivity index (χ0) is 22.5. The maximum absolute atomic E-state index is 4.59. The molecule has 0 spiro atoms. The number of aryl methyl sites for hydroxylation is 1. The summed E-state index contributed by atoms with van der Waals surface area (Å²) in [4.78, 5) is 4.59. The Kier molecular flexibility index (Phi) is 6.71. The highest BCUT2D eigenvalue weighted by atomic mass is 15.0. The molecule has 0 bridgehead atoms. The monoisotopic (exact) mass is 434 g/mol. The maximum atomic E-state index is 4.59. The first-order valence-corrected chi connectivity index (χ1v) is 12.7. The van der Waals surface area contributed by atoms with E-state index in [1.807, 2.05) is 6.20 Å². The molecule has 2 nitrogen and oxygen atoms in total. The van der Waals surface area contributed by atoms with Crippen LogP contribution in [-0.2, 0) is 6.42 Å². The number of pyridine rings is 1. The van der Waals surface area contributed by atoms with E-state index in [-0.39, 0.29) is 0 Å². The average Bonchev–Trinajstić information content (AvgIpc) is 2.84. The van der Waals surface area contributed by atoms with Crippen LogP contribution >= 0.6 is 0 Å². The van der Waals surface area contributed by atoms with E-state index in [1.54, 1.807) is 0 Å². The number of rotatable bonds is 11. The Morgan fingerprint density at radius 2 is 1.24 bits per heavy atom. The fourth-order valence-corrected chi connectivity index (χ4v) is 5.13. The van der Waals surface area contributed by atoms with Crippen molar-refractivity contribution < 1.29 is 0 Å². The second-order valence-corrected chi connectivity index (χ2v) is 9.41. The summed E-state index contributed by atoms with van der Waals surface area (Å²) in [7, 11) is 0. The first-order valence-electron chi connectivity index (χ1n) is 12.7. The summed E-state index contributed by atoms with van der Waals surface area (Å²) in [5.74, 6) is 0.930. The summed E-state index contributed by atoms with van der Waals surface area (Å²) in [6, 6.07) is 24.4. The third-order valence-corrected chi connectivity index (χ3v) is 6.88. The van der Waals surface area contributed by atoms with Gasteiger partial charge in [-0.2, -0.15) is 0 Å². The van der Waals surface area contributed by atoms with Crippen LogP contribution in [0.3, 0.4) is 0 Å². The van der Waals surface area contributed by atoms with Crippen molar-refractivity contribution >= 4 is 43.8 Å². The van der Waals surface area contributed by atoms with Crippen molar-refractivity contribution in [3.63, 3.8) is 0 Å². The molecule has 0 aliphatic carbocycles. The van der Waals surface area contributed by atoms with Gasteiger partial charge >= 0.3 is 0 Å². The summed E-state index contributed by atoms with van der Waals surface area (Å²) >= 11 is 0. The Balaban J connectivity index is 1.26. The Hall–Kier alpha value is -3.13. The van der Waals surface area contributed by atoms with Crippen molar-refractivity contribution in [2.45, 2.75) is 64.7 Å². The molecular weight excluding hydrogens is 400 g/mol. The van der Waals surface area contributed by atoms with Gasteiger partial charge in [0.2, 0.25) is 0 Å². The predicted octanol–water partition coefficient (Wildman–Crippen LogP) is 9.41. The molecule has 1 heterocycles. The zero-order valence-corrected chi connectivity index (χ0v) is 19.7. The SMILES string of the molecule is CCCCCCCCCCc1ccnc(Nc2cc3ccc4cccc5ccc(c2)c3c45)c1. The Morgan fingerprint density at radius 3 is 1.94 bits per heavy atom. The van der Waals surface area contributed by atoms with Gasteiger partial charge in [0.1, 0.15) is 5.82 Å². The summed E-state index contributed by atoms with van der Waals surface area (Å²) in [5, 5.41) is 11.4. The molecule has 5 aromatic rings. The smallest absolute Gasteiger partial charge is 0.130 e. The fraction of sp³-hybridized carbons (Fsp3) is 0.323. The van der Waals surface area contributed by atoms with Crippen molar-refractivity contribution in [3.8, 4) is 0 Å². The number of aromatic nitrogens is 1. The molecule has 0 saturated carbocycles. The molecule has 0 radical (unpaired) electrons. The van der Waals surface area contributed by atoms with E-state index in [9.17, 15) is 0 Å². The van der Waals surface area contributed by atoms with Crippen LogP contribution < -0.4 is 5.32 Å². The van der Waals surface area contributed by atoms with E-state index in [2.05, 4.69) is 84.0 Å². The fourth-order valence-electron chi connectivity index (χ4n) is 5.13. The lowest BCUT2D eigenvalue weighted by atomic mass is 9.94. The van der Waals surface area contributed by atoms with E-state index in [1.165, 1.54) is 89.2 Å². The molecule has 168 valence electrons. The average molecular weight is 435 g/mol. The van der Waals surface area contributed by atoms with Gasteiger partial charge in [0.05, 0.1) is 0 Å². The summed E-state index contributed by atoms with van der Waals surface area (Å²) in [6.45, 7) is 2.28. The van der Waals surface area contributed by atoms with Crippen LogP contribution in [0.15, 0.2) is 72.9 Å². The minimum absolute atomic E-state index is 0.930. The van der Waals surface area contributed by atoms with Crippen LogP contribution in [0, 0.1) is 0 Å². The minimum Gasteiger partial charge on any atom is -0.340 e. The Morgan fingerprint density at radius 1 is 0.636 bits per heavy atom. The lowest BCUT2D eigenvalue weighted by Gasteiger charge is -2.13. The number of hydrogen-bond acceptors (Lipinski definition) is 2. The van der Waals surface area contributed by atoms with Crippen LogP contribution in [0.1, 0.15) is 63.9 Å². The molecule has 33 heavy (non-hydrogen) atoms. The largest absolute Gasteiger partial charge is 0.340 e. The number of anilines is 2. The Bertz CT molecular complexity index is 1270. The molecule has 4 aromatic carbocycles. The van der Waals surface area contributed by atoms with Gasteiger partial charge in [0.25, 0.3) is 0 Å². The highest BCUT2D eigenvalue weighted by Crippen LogP contribution is 2.36. The second kappa shape index (κ2) is 10.2. The number of nitrogens with zero attached hydrogens (tertiary/aromatic N) is 1. The topological polar surface area (TPSA) is 24.9 Å². The van der Waals surface area contributed by atoms with E-state index in [0.717, 1.165) is 17.9 Å². The normalized spacial score (nSPS) is 11.7. The maximum Gasteiger partial charge on any atom is 0.130 e. The first-order chi connectivity index (χ1) is 16.3. The van der Waals surface area contributed by atoms with E-state index < -0.39 is 0 Å². The van der Waals surface area contributed by atoms with E-state index in [0.29, 0.717) is 0 Å². The Labute approximate surface area is 197 Å². The predicted molar refractivity (Wildman–Crippen MR) is 144 cm³/mol. The van der Waals surface area contributed by atoms with Crippen LogP contribution in [0.25, 0.3) is 32.3 Å². The highest BCUT2D eigenvalue weighted by Gasteiger charge is 2.09. The molecule has 0 amide bonds. The van der Waals surface area contributed by atoms with Crippen molar-refractivity contribution in [2.75, 3.05) is 5.32 Å². The van der Waals surface area contributed by atoms with Gasteiger partial charge in [0, 0.05) is 11.9 Å². The minimum atomic E-state index is 0.930. The zero-order valence-electron chi connectivity index (χ0n) is 19.7. The van der Waals surface area contributed by atoms with Crippen LogP contribution in [0.4, 0.5) is 11.5 Å². The molecule has 0 aliphatic heterocycles. The molecule has 0 atom stereocenters. The lowest BCUT2D eigenvalue weighted by molar-refractivity contribution is 0.575. The molecule has 0 unspecified atom stereocenters. The van der Waals surface area contributed by atoms with Gasteiger partial charge < -0.3 is 5.32 Å². The summed E-state index contributed by atoms with van der Waals surface area (Å²) in [6.07, 6.45) is 13.9. The summed E-state index contributed by atoms with van der Waals surface area (Å²) in [5.41, 5.74) is 2.47. The third-order valence-electron chi connectivity index (χ3n) is 6.88. The summed E-state index contributed by atoms with van der Waals surface area (Å²) < 4.78 is 0. The molecule has 1 aromatic heterocycles. The third kappa shape index (κ3) is 4.95. The van der Waals surface area contributed by atoms with Gasteiger partial charge in [-0.15, -0.1) is 0 Å².